The van der Waals surface area contributed by atoms with Crippen molar-refractivity contribution in [3.8, 4) is 5.75 Å². The van der Waals surface area contributed by atoms with Crippen molar-refractivity contribution in [2.24, 2.45) is 0 Å². The fourth-order valence-electron chi connectivity index (χ4n) is 2.90. The van der Waals surface area contributed by atoms with E-state index >= 15 is 0 Å². The minimum Gasteiger partial charge on any atom is -0.490 e. The van der Waals surface area contributed by atoms with Gasteiger partial charge in [-0.05, 0) is 31.2 Å². The van der Waals surface area contributed by atoms with Crippen LogP contribution in [0, 0.1) is 0 Å². The van der Waals surface area contributed by atoms with E-state index in [1.807, 2.05) is 7.05 Å². The molecular formula is C15H21NO3. The Morgan fingerprint density at radius 1 is 1.32 bits per heavy atom. The lowest BCUT2D eigenvalue weighted by Crippen LogP contribution is -2.39. The molecule has 4 heteroatoms. The molecule has 0 saturated carbocycles. The molecule has 1 fully saturated rings. The summed E-state index contributed by atoms with van der Waals surface area (Å²) in [5.74, 6) is 1.02. The summed E-state index contributed by atoms with van der Waals surface area (Å²) < 4.78 is 17.1. The normalized spacial score (nSPS) is 27.7. The Morgan fingerprint density at radius 2 is 2.21 bits per heavy atom. The molecule has 19 heavy (non-hydrogen) atoms. The van der Waals surface area contributed by atoms with Crippen LogP contribution in [0.5, 0.6) is 5.75 Å². The van der Waals surface area contributed by atoms with E-state index in [0.29, 0.717) is 19.8 Å². The minimum atomic E-state index is 0.0801. The van der Waals surface area contributed by atoms with Crippen LogP contribution in [0.3, 0.4) is 0 Å². The van der Waals surface area contributed by atoms with Crippen LogP contribution in [0.25, 0.3) is 0 Å². The standard InChI is InChI=1S/C15H21NO3/c1-10-7-12-8-11(3-4-13(12)19-10)15(16-2)14-9-17-5-6-18-14/h3-4,8,10,14-16H,5-7,9H2,1-2H3. The van der Waals surface area contributed by atoms with Gasteiger partial charge in [0.25, 0.3) is 0 Å². The maximum absolute atomic E-state index is 5.81. The highest BCUT2D eigenvalue weighted by atomic mass is 16.6. The van der Waals surface area contributed by atoms with Crippen LogP contribution in [0.4, 0.5) is 0 Å². The zero-order chi connectivity index (χ0) is 13.2. The van der Waals surface area contributed by atoms with Gasteiger partial charge in [-0.1, -0.05) is 12.1 Å². The van der Waals surface area contributed by atoms with Crippen LogP contribution < -0.4 is 10.1 Å². The molecule has 0 aliphatic carbocycles. The van der Waals surface area contributed by atoms with Crippen LogP contribution in [0.15, 0.2) is 18.2 Å². The highest BCUT2D eigenvalue weighted by Gasteiger charge is 2.27. The molecule has 2 aliphatic rings. The average molecular weight is 263 g/mol. The van der Waals surface area contributed by atoms with Crippen LogP contribution in [0.1, 0.15) is 24.1 Å². The lowest BCUT2D eigenvalue weighted by Gasteiger charge is -2.30. The Labute approximate surface area is 114 Å². The Hall–Kier alpha value is -1.10. The van der Waals surface area contributed by atoms with Crippen molar-refractivity contribution in [2.45, 2.75) is 31.6 Å². The molecule has 2 heterocycles. The van der Waals surface area contributed by atoms with Crippen molar-refractivity contribution in [3.05, 3.63) is 29.3 Å². The maximum atomic E-state index is 5.81. The number of fused-ring (bicyclic) bond motifs is 1. The number of hydrogen-bond donors (Lipinski definition) is 1. The third-order valence-corrected chi connectivity index (χ3v) is 3.80. The van der Waals surface area contributed by atoms with Crippen LogP contribution in [0.2, 0.25) is 0 Å². The van der Waals surface area contributed by atoms with Gasteiger partial charge in [0.05, 0.1) is 25.9 Å². The summed E-state index contributed by atoms with van der Waals surface area (Å²) in [7, 11) is 1.97. The summed E-state index contributed by atoms with van der Waals surface area (Å²) in [4.78, 5) is 0. The van der Waals surface area contributed by atoms with Gasteiger partial charge in [0.1, 0.15) is 18.0 Å². The Morgan fingerprint density at radius 3 is 2.95 bits per heavy atom. The lowest BCUT2D eigenvalue weighted by atomic mass is 9.98. The third-order valence-electron chi connectivity index (χ3n) is 3.80. The summed E-state index contributed by atoms with van der Waals surface area (Å²) in [5, 5.41) is 3.34. The van der Waals surface area contributed by atoms with Crippen molar-refractivity contribution in [1.29, 1.82) is 0 Å². The molecule has 1 saturated heterocycles. The first-order chi connectivity index (χ1) is 9.28. The van der Waals surface area contributed by atoms with E-state index in [9.17, 15) is 0 Å². The first-order valence-corrected chi connectivity index (χ1v) is 6.94. The van der Waals surface area contributed by atoms with Gasteiger partial charge in [-0.3, -0.25) is 0 Å². The summed E-state index contributed by atoms with van der Waals surface area (Å²) >= 11 is 0. The minimum absolute atomic E-state index is 0.0801. The molecule has 0 aromatic heterocycles. The zero-order valence-electron chi connectivity index (χ0n) is 11.5. The van der Waals surface area contributed by atoms with E-state index in [0.717, 1.165) is 12.2 Å². The molecule has 1 aromatic carbocycles. The quantitative estimate of drug-likeness (QED) is 0.901. The second-order valence-corrected chi connectivity index (χ2v) is 5.25. The van der Waals surface area contributed by atoms with Gasteiger partial charge >= 0.3 is 0 Å². The largest absolute Gasteiger partial charge is 0.490 e. The van der Waals surface area contributed by atoms with Crippen LogP contribution >= 0.6 is 0 Å². The summed E-state index contributed by atoms with van der Waals surface area (Å²) in [6, 6.07) is 6.59. The molecule has 0 spiro atoms. The van der Waals surface area contributed by atoms with Crippen LogP contribution in [-0.4, -0.2) is 39.1 Å². The van der Waals surface area contributed by atoms with Gasteiger partial charge in [-0.25, -0.2) is 0 Å². The molecule has 2 aliphatic heterocycles. The maximum Gasteiger partial charge on any atom is 0.123 e. The van der Waals surface area contributed by atoms with E-state index in [1.165, 1.54) is 11.1 Å². The Bertz CT molecular complexity index is 443. The molecule has 0 bridgehead atoms. The van der Waals surface area contributed by atoms with Crippen molar-refractivity contribution >= 4 is 0 Å². The highest BCUT2D eigenvalue weighted by Crippen LogP contribution is 2.32. The van der Waals surface area contributed by atoms with Crippen molar-refractivity contribution in [3.63, 3.8) is 0 Å². The zero-order valence-corrected chi connectivity index (χ0v) is 11.5. The predicted octanol–water partition coefficient (Wildman–Crippen LogP) is 1.69. The number of nitrogens with one attached hydrogen (secondary N) is 1. The van der Waals surface area contributed by atoms with Crippen molar-refractivity contribution < 1.29 is 14.2 Å². The van der Waals surface area contributed by atoms with Crippen molar-refractivity contribution in [2.75, 3.05) is 26.9 Å². The SMILES string of the molecule is CNC(c1ccc2c(c1)CC(C)O2)C1COCCO1. The third kappa shape index (κ3) is 2.61. The summed E-state index contributed by atoms with van der Waals surface area (Å²) in [5.41, 5.74) is 2.54. The Kier molecular flexibility index (Phi) is 3.73. The number of likely N-dealkylation sites (N-methyl/N-ethyl adjacent to an activating group) is 1. The van der Waals surface area contributed by atoms with Crippen molar-refractivity contribution in [1.82, 2.24) is 5.32 Å². The fraction of sp³-hybridized carbons (Fsp3) is 0.600. The van der Waals surface area contributed by atoms with E-state index < -0.39 is 0 Å². The fourth-order valence-corrected chi connectivity index (χ4v) is 2.90. The summed E-state index contributed by atoms with van der Waals surface area (Å²) in [6.07, 6.45) is 1.35. The van der Waals surface area contributed by atoms with E-state index in [1.54, 1.807) is 0 Å². The summed E-state index contributed by atoms with van der Waals surface area (Å²) in [6.45, 7) is 4.12. The number of benzene rings is 1. The molecule has 3 unspecified atom stereocenters. The molecule has 1 N–H and O–H groups in total. The Balaban J connectivity index is 1.81. The van der Waals surface area contributed by atoms with Crippen LogP contribution in [-0.2, 0) is 15.9 Å². The molecule has 4 nitrogen and oxygen atoms in total. The predicted molar refractivity (Wildman–Crippen MR) is 72.6 cm³/mol. The van der Waals surface area contributed by atoms with E-state index in [2.05, 4.69) is 30.4 Å². The van der Waals surface area contributed by atoms with E-state index in [4.69, 9.17) is 14.2 Å². The molecular weight excluding hydrogens is 242 g/mol. The number of rotatable bonds is 3. The first-order valence-electron chi connectivity index (χ1n) is 6.94. The van der Waals surface area contributed by atoms with E-state index in [-0.39, 0.29) is 18.2 Å². The van der Waals surface area contributed by atoms with Gasteiger partial charge in [-0.15, -0.1) is 0 Å². The van der Waals surface area contributed by atoms with Gasteiger partial charge in [-0.2, -0.15) is 0 Å². The molecule has 3 atom stereocenters. The first kappa shape index (κ1) is 12.9. The second-order valence-electron chi connectivity index (χ2n) is 5.25. The second kappa shape index (κ2) is 5.49. The molecule has 0 amide bonds. The molecule has 1 aromatic rings. The topological polar surface area (TPSA) is 39.7 Å². The number of ether oxygens (including phenoxy) is 3. The van der Waals surface area contributed by atoms with Gasteiger partial charge < -0.3 is 19.5 Å². The van der Waals surface area contributed by atoms with Gasteiger partial charge in [0.2, 0.25) is 0 Å². The highest BCUT2D eigenvalue weighted by molar-refractivity contribution is 5.41. The smallest absolute Gasteiger partial charge is 0.123 e. The average Bonchev–Trinajstić information content (AvgIpc) is 2.80. The number of hydrogen-bond acceptors (Lipinski definition) is 4. The molecule has 0 radical (unpaired) electrons. The van der Waals surface area contributed by atoms with Gasteiger partial charge in [0.15, 0.2) is 0 Å². The van der Waals surface area contributed by atoms with Gasteiger partial charge in [0, 0.05) is 6.42 Å². The molecule has 104 valence electrons. The monoisotopic (exact) mass is 263 g/mol. The lowest BCUT2D eigenvalue weighted by molar-refractivity contribution is -0.101. The molecule has 3 rings (SSSR count).